The summed E-state index contributed by atoms with van der Waals surface area (Å²) in [6.45, 7) is 0.148. The summed E-state index contributed by atoms with van der Waals surface area (Å²) in [6.07, 6.45) is 1.19. The van der Waals surface area contributed by atoms with E-state index in [-0.39, 0.29) is 13.0 Å². The maximum absolute atomic E-state index is 9.50. The van der Waals surface area contributed by atoms with Crippen LogP contribution >= 0.6 is 0 Å². The van der Waals surface area contributed by atoms with Gasteiger partial charge < -0.3 is 15.2 Å². The quantitative estimate of drug-likeness (QED) is 0.362. The first kappa shape index (κ1) is 10.5. The molecule has 0 amide bonds. The number of aliphatic hydroxyl groups is 2. The number of imidazole rings is 1. The van der Waals surface area contributed by atoms with Crippen LogP contribution in [0.5, 0.6) is 0 Å². The van der Waals surface area contributed by atoms with Gasteiger partial charge in [0.2, 0.25) is 0 Å². The fourth-order valence-electron chi connectivity index (χ4n) is 1.01. The highest BCUT2D eigenvalue weighted by Gasteiger charge is 2.19. The van der Waals surface area contributed by atoms with Crippen LogP contribution in [-0.4, -0.2) is 32.8 Å². The van der Waals surface area contributed by atoms with Gasteiger partial charge in [0.1, 0.15) is 11.9 Å². The number of azide groups is 1. The molecule has 0 saturated carbocycles. The molecule has 76 valence electrons. The molecular weight excluding hydrogens is 186 g/mol. The number of H-pyrrole nitrogens is 1. The fourth-order valence-corrected chi connectivity index (χ4v) is 1.01. The van der Waals surface area contributed by atoms with E-state index < -0.39 is 12.2 Å². The van der Waals surface area contributed by atoms with Crippen molar-refractivity contribution in [1.29, 1.82) is 0 Å². The fraction of sp³-hybridized carbons (Fsp3) is 0.571. The third-order valence-electron chi connectivity index (χ3n) is 1.75. The number of rotatable bonds is 5. The van der Waals surface area contributed by atoms with E-state index in [0.29, 0.717) is 5.82 Å². The molecule has 0 aliphatic carbocycles. The molecule has 0 fully saturated rings. The van der Waals surface area contributed by atoms with Crippen molar-refractivity contribution in [2.75, 3.05) is 6.54 Å². The smallest absolute Gasteiger partial charge is 0.137 e. The summed E-state index contributed by atoms with van der Waals surface area (Å²) >= 11 is 0. The van der Waals surface area contributed by atoms with Gasteiger partial charge in [-0.1, -0.05) is 5.11 Å². The minimum absolute atomic E-state index is 0.148. The van der Waals surface area contributed by atoms with Crippen molar-refractivity contribution >= 4 is 0 Å². The number of aliphatic hydroxyl groups excluding tert-OH is 2. The van der Waals surface area contributed by atoms with E-state index >= 15 is 0 Å². The lowest BCUT2D eigenvalue weighted by molar-refractivity contribution is 0.0102. The van der Waals surface area contributed by atoms with Crippen molar-refractivity contribution in [1.82, 2.24) is 9.97 Å². The first-order chi connectivity index (χ1) is 6.75. The third-order valence-corrected chi connectivity index (χ3v) is 1.75. The summed E-state index contributed by atoms with van der Waals surface area (Å²) in [5.74, 6) is 0.304. The molecule has 0 radical (unpaired) electrons. The summed E-state index contributed by atoms with van der Waals surface area (Å²) in [4.78, 5) is 9.02. The lowest BCUT2D eigenvalue weighted by Gasteiger charge is -2.14. The van der Waals surface area contributed by atoms with Gasteiger partial charge in [-0.25, -0.2) is 4.98 Å². The molecule has 1 heterocycles. The number of aromatic nitrogens is 2. The van der Waals surface area contributed by atoms with Crippen LogP contribution in [0.4, 0.5) is 0 Å². The Morgan fingerprint density at radius 1 is 1.64 bits per heavy atom. The monoisotopic (exact) mass is 197 g/mol. The third kappa shape index (κ3) is 2.74. The summed E-state index contributed by atoms with van der Waals surface area (Å²) in [6, 6.07) is 0. The molecular formula is C7H11N5O2. The van der Waals surface area contributed by atoms with Crippen LogP contribution in [0.1, 0.15) is 18.3 Å². The Morgan fingerprint density at radius 2 is 2.43 bits per heavy atom. The van der Waals surface area contributed by atoms with E-state index in [1.165, 1.54) is 6.20 Å². The second-order valence-corrected chi connectivity index (χ2v) is 2.73. The van der Waals surface area contributed by atoms with Crippen molar-refractivity contribution in [3.63, 3.8) is 0 Å². The van der Waals surface area contributed by atoms with Gasteiger partial charge in [0.25, 0.3) is 0 Å². The van der Waals surface area contributed by atoms with Crippen LogP contribution in [0, 0.1) is 0 Å². The van der Waals surface area contributed by atoms with Crippen molar-refractivity contribution in [3.8, 4) is 0 Å². The lowest BCUT2D eigenvalue weighted by Crippen LogP contribution is -2.20. The Labute approximate surface area is 80.0 Å². The molecule has 0 saturated heterocycles. The maximum Gasteiger partial charge on any atom is 0.137 e. The van der Waals surface area contributed by atoms with Crippen LogP contribution in [-0.2, 0) is 0 Å². The second-order valence-electron chi connectivity index (χ2n) is 2.73. The molecule has 14 heavy (non-hydrogen) atoms. The van der Waals surface area contributed by atoms with E-state index in [0.717, 1.165) is 0 Å². The van der Waals surface area contributed by atoms with E-state index in [4.69, 9.17) is 5.53 Å². The predicted molar refractivity (Wildman–Crippen MR) is 48.2 cm³/mol. The Kier molecular flexibility index (Phi) is 3.93. The highest BCUT2D eigenvalue weighted by molar-refractivity contribution is 4.94. The number of nitrogens with zero attached hydrogens (tertiary/aromatic N) is 4. The molecule has 7 heteroatoms. The zero-order valence-corrected chi connectivity index (χ0v) is 7.41. The molecule has 2 unspecified atom stereocenters. The summed E-state index contributed by atoms with van der Waals surface area (Å²) in [5.41, 5.74) is 8.00. The van der Waals surface area contributed by atoms with Gasteiger partial charge in [0.15, 0.2) is 0 Å². The van der Waals surface area contributed by atoms with Gasteiger partial charge in [0, 0.05) is 23.9 Å². The van der Waals surface area contributed by atoms with E-state index in [1.54, 1.807) is 6.20 Å². The van der Waals surface area contributed by atoms with Crippen LogP contribution in [0.25, 0.3) is 10.4 Å². The lowest BCUT2D eigenvalue weighted by atomic mass is 10.1. The summed E-state index contributed by atoms with van der Waals surface area (Å²) in [5, 5.41) is 22.2. The molecule has 0 bridgehead atoms. The normalized spacial score (nSPS) is 14.4. The highest BCUT2D eigenvalue weighted by Crippen LogP contribution is 2.14. The minimum atomic E-state index is -1.07. The summed E-state index contributed by atoms with van der Waals surface area (Å²) < 4.78 is 0. The molecule has 0 aliphatic rings. The molecule has 7 nitrogen and oxygen atoms in total. The van der Waals surface area contributed by atoms with Crippen LogP contribution in [0.15, 0.2) is 17.5 Å². The first-order valence-electron chi connectivity index (χ1n) is 4.12. The number of aromatic amines is 1. The Balaban J connectivity index is 2.44. The molecule has 1 aromatic heterocycles. The van der Waals surface area contributed by atoms with Gasteiger partial charge in [-0.3, -0.25) is 0 Å². The Hall–Kier alpha value is -1.56. The van der Waals surface area contributed by atoms with Gasteiger partial charge in [-0.05, 0) is 12.0 Å². The minimum Gasteiger partial charge on any atom is -0.390 e. The number of hydrogen-bond donors (Lipinski definition) is 3. The van der Waals surface area contributed by atoms with Crippen LogP contribution in [0.2, 0.25) is 0 Å². The number of hydrogen-bond acceptors (Lipinski definition) is 4. The average Bonchev–Trinajstić information content (AvgIpc) is 2.69. The zero-order valence-electron chi connectivity index (χ0n) is 7.41. The molecule has 0 aliphatic heterocycles. The van der Waals surface area contributed by atoms with Gasteiger partial charge in [-0.15, -0.1) is 0 Å². The van der Waals surface area contributed by atoms with Gasteiger partial charge >= 0.3 is 0 Å². The van der Waals surface area contributed by atoms with E-state index in [2.05, 4.69) is 20.0 Å². The zero-order chi connectivity index (χ0) is 10.4. The maximum atomic E-state index is 9.50. The van der Waals surface area contributed by atoms with E-state index in [1.807, 2.05) is 0 Å². The largest absolute Gasteiger partial charge is 0.390 e. The van der Waals surface area contributed by atoms with Crippen LogP contribution < -0.4 is 0 Å². The van der Waals surface area contributed by atoms with Crippen molar-refractivity contribution < 1.29 is 10.2 Å². The second kappa shape index (κ2) is 5.23. The van der Waals surface area contributed by atoms with Gasteiger partial charge in [-0.2, -0.15) is 0 Å². The van der Waals surface area contributed by atoms with Crippen molar-refractivity contribution in [2.24, 2.45) is 5.11 Å². The van der Waals surface area contributed by atoms with Crippen LogP contribution in [0.3, 0.4) is 0 Å². The SMILES string of the molecule is [N-]=[N+]=NCCC(O)C(O)c1ncc[nH]1. The predicted octanol–water partition coefficient (Wildman–Crippen LogP) is 0.504. The standard InChI is InChI=1S/C7H11N5O2/c8-12-11-2-1-5(13)6(14)7-9-3-4-10-7/h3-6,13-14H,1-2H2,(H,9,10). The molecule has 0 spiro atoms. The van der Waals surface area contributed by atoms with Crippen molar-refractivity contribution in [3.05, 3.63) is 28.7 Å². The molecule has 0 aromatic carbocycles. The molecule has 1 aromatic rings. The number of nitrogens with one attached hydrogen (secondary N) is 1. The molecule has 3 N–H and O–H groups in total. The Bertz CT molecular complexity index is 306. The topological polar surface area (TPSA) is 118 Å². The Morgan fingerprint density at radius 3 is 3.00 bits per heavy atom. The van der Waals surface area contributed by atoms with Crippen molar-refractivity contribution in [2.45, 2.75) is 18.6 Å². The summed E-state index contributed by atoms with van der Waals surface area (Å²) in [7, 11) is 0. The van der Waals surface area contributed by atoms with Gasteiger partial charge in [0.05, 0.1) is 6.10 Å². The van der Waals surface area contributed by atoms with E-state index in [9.17, 15) is 10.2 Å². The molecule has 2 atom stereocenters. The highest BCUT2D eigenvalue weighted by atomic mass is 16.3. The average molecular weight is 197 g/mol. The molecule has 1 rings (SSSR count). The first-order valence-corrected chi connectivity index (χ1v) is 4.12.